The van der Waals surface area contributed by atoms with E-state index in [4.69, 9.17) is 0 Å². The molecule has 0 unspecified atom stereocenters. The normalized spacial score (nSPS) is 14.7. The lowest BCUT2D eigenvalue weighted by molar-refractivity contribution is -0.136. The van der Waals surface area contributed by atoms with Crippen LogP contribution in [-0.4, -0.2) is 41.9 Å². The third-order valence-corrected chi connectivity index (χ3v) is 4.87. The van der Waals surface area contributed by atoms with Gasteiger partial charge in [0.2, 0.25) is 5.91 Å². The highest BCUT2D eigenvalue weighted by Gasteiger charge is 2.29. The molecule has 0 spiro atoms. The fourth-order valence-electron chi connectivity index (χ4n) is 3.31. The monoisotopic (exact) mass is 369 g/mol. The van der Waals surface area contributed by atoms with E-state index < -0.39 is 0 Å². The van der Waals surface area contributed by atoms with Gasteiger partial charge in [-0.3, -0.25) is 4.79 Å². The third kappa shape index (κ3) is 5.06. The Morgan fingerprint density at radius 2 is 1.70 bits per heavy atom. The smallest absolute Gasteiger partial charge is 0.321 e. The largest absolute Gasteiger partial charge is 0.341 e. The van der Waals surface area contributed by atoms with Crippen molar-refractivity contribution in [1.82, 2.24) is 9.80 Å². The van der Waals surface area contributed by atoms with Crippen molar-refractivity contribution >= 4 is 17.6 Å². The summed E-state index contributed by atoms with van der Waals surface area (Å²) in [5.74, 6) is -0.299. The molecule has 0 bridgehead atoms. The zero-order chi connectivity index (χ0) is 19.2. The van der Waals surface area contributed by atoms with E-state index in [1.807, 2.05) is 30.3 Å². The van der Waals surface area contributed by atoms with Crippen LogP contribution in [0.5, 0.6) is 0 Å². The van der Waals surface area contributed by atoms with Crippen molar-refractivity contribution in [2.75, 3.05) is 25.5 Å². The number of rotatable bonds is 4. The molecule has 27 heavy (non-hydrogen) atoms. The average molecular weight is 369 g/mol. The summed E-state index contributed by atoms with van der Waals surface area (Å²) < 4.78 is 13.0. The number of hydrogen-bond acceptors (Lipinski definition) is 2. The van der Waals surface area contributed by atoms with Crippen LogP contribution in [0.3, 0.4) is 0 Å². The first-order valence-electron chi connectivity index (χ1n) is 9.13. The zero-order valence-corrected chi connectivity index (χ0v) is 15.4. The van der Waals surface area contributed by atoms with Crippen LogP contribution >= 0.6 is 0 Å². The Hall–Kier alpha value is -2.89. The fraction of sp³-hybridized carbons (Fsp3) is 0.333. The minimum absolute atomic E-state index is 0.0717. The van der Waals surface area contributed by atoms with Crippen LogP contribution in [0.25, 0.3) is 0 Å². The molecule has 0 atom stereocenters. The molecule has 142 valence electrons. The fourth-order valence-corrected chi connectivity index (χ4v) is 3.31. The number of piperidine rings is 1. The van der Waals surface area contributed by atoms with Crippen LogP contribution < -0.4 is 5.32 Å². The van der Waals surface area contributed by atoms with Gasteiger partial charge in [0.05, 0.1) is 0 Å². The minimum Gasteiger partial charge on any atom is -0.341 e. The van der Waals surface area contributed by atoms with E-state index >= 15 is 0 Å². The van der Waals surface area contributed by atoms with Crippen molar-refractivity contribution in [3.63, 3.8) is 0 Å². The number of benzene rings is 2. The summed E-state index contributed by atoms with van der Waals surface area (Å²) in [6.45, 7) is 1.56. The number of anilines is 1. The Labute approximate surface area is 158 Å². The molecular formula is C21H24FN3O2. The first-order valence-corrected chi connectivity index (χ1v) is 9.13. The van der Waals surface area contributed by atoms with Gasteiger partial charge in [0.1, 0.15) is 5.82 Å². The number of hydrogen-bond donors (Lipinski definition) is 1. The summed E-state index contributed by atoms with van der Waals surface area (Å²) in [4.78, 5) is 28.4. The molecule has 5 nitrogen and oxygen atoms in total. The molecule has 1 fully saturated rings. The lowest BCUT2D eigenvalue weighted by atomic mass is 9.95. The first-order chi connectivity index (χ1) is 13.0. The molecule has 1 heterocycles. The Morgan fingerprint density at radius 3 is 2.33 bits per heavy atom. The quantitative estimate of drug-likeness (QED) is 0.893. The second-order valence-corrected chi connectivity index (χ2v) is 6.88. The molecule has 0 aliphatic carbocycles. The highest BCUT2D eigenvalue weighted by atomic mass is 19.1. The second-order valence-electron chi connectivity index (χ2n) is 6.88. The molecule has 1 N–H and O–H groups in total. The van der Waals surface area contributed by atoms with E-state index in [0.29, 0.717) is 32.5 Å². The Kier molecular flexibility index (Phi) is 6.06. The van der Waals surface area contributed by atoms with Crippen LogP contribution in [0.4, 0.5) is 14.9 Å². The summed E-state index contributed by atoms with van der Waals surface area (Å²) in [6, 6.07) is 15.4. The number of likely N-dealkylation sites (tertiary alicyclic amines) is 1. The molecule has 1 aliphatic rings. The van der Waals surface area contributed by atoms with Gasteiger partial charge >= 0.3 is 6.03 Å². The summed E-state index contributed by atoms with van der Waals surface area (Å²) >= 11 is 0. The molecule has 1 aliphatic heterocycles. The number of para-hydroxylation sites is 1. The molecule has 0 saturated carbocycles. The maximum Gasteiger partial charge on any atom is 0.321 e. The molecule has 0 radical (unpaired) electrons. The molecule has 0 aromatic heterocycles. The van der Waals surface area contributed by atoms with Crippen molar-refractivity contribution in [3.8, 4) is 0 Å². The summed E-state index contributed by atoms with van der Waals surface area (Å²) in [5.41, 5.74) is 1.66. The van der Waals surface area contributed by atoms with Crippen LogP contribution in [0.15, 0.2) is 54.6 Å². The highest BCUT2D eigenvalue weighted by Crippen LogP contribution is 2.21. The van der Waals surface area contributed by atoms with E-state index in [1.54, 1.807) is 29.0 Å². The van der Waals surface area contributed by atoms with Gasteiger partial charge in [-0.15, -0.1) is 0 Å². The average Bonchev–Trinajstić information content (AvgIpc) is 2.70. The number of carbonyl (C=O) groups excluding carboxylic acids is 2. The van der Waals surface area contributed by atoms with Crippen molar-refractivity contribution in [1.29, 1.82) is 0 Å². The molecule has 2 aromatic rings. The van der Waals surface area contributed by atoms with Crippen molar-refractivity contribution in [2.24, 2.45) is 5.92 Å². The second kappa shape index (κ2) is 8.66. The van der Waals surface area contributed by atoms with Crippen molar-refractivity contribution in [3.05, 3.63) is 66.0 Å². The van der Waals surface area contributed by atoms with Gasteiger partial charge in [-0.05, 0) is 42.7 Å². The third-order valence-electron chi connectivity index (χ3n) is 4.87. The summed E-state index contributed by atoms with van der Waals surface area (Å²) in [7, 11) is 1.76. The molecule has 1 saturated heterocycles. The van der Waals surface area contributed by atoms with E-state index in [0.717, 1.165) is 11.3 Å². The zero-order valence-electron chi connectivity index (χ0n) is 15.4. The highest BCUT2D eigenvalue weighted by molar-refractivity contribution is 5.89. The van der Waals surface area contributed by atoms with E-state index in [2.05, 4.69) is 5.32 Å². The predicted octanol–water partition coefficient (Wildman–Crippen LogP) is 3.73. The molecule has 3 rings (SSSR count). The number of nitrogens with zero attached hydrogens (tertiary/aromatic N) is 2. The van der Waals surface area contributed by atoms with Gasteiger partial charge in [0, 0.05) is 38.3 Å². The Balaban J connectivity index is 1.48. The number of urea groups is 1. The number of nitrogens with one attached hydrogen (secondary N) is 1. The Morgan fingerprint density at radius 1 is 1.07 bits per heavy atom. The van der Waals surface area contributed by atoms with Gasteiger partial charge in [-0.1, -0.05) is 30.3 Å². The maximum atomic E-state index is 13.0. The summed E-state index contributed by atoms with van der Waals surface area (Å²) in [6.07, 6.45) is 1.30. The molecule has 6 heteroatoms. The topological polar surface area (TPSA) is 52.7 Å². The van der Waals surface area contributed by atoms with Crippen LogP contribution in [0.2, 0.25) is 0 Å². The molecule has 2 aromatic carbocycles. The number of halogens is 1. The molecular weight excluding hydrogens is 345 g/mol. The van der Waals surface area contributed by atoms with Crippen LogP contribution in [0.1, 0.15) is 18.4 Å². The van der Waals surface area contributed by atoms with E-state index in [-0.39, 0.29) is 23.7 Å². The van der Waals surface area contributed by atoms with E-state index in [1.165, 1.54) is 12.1 Å². The minimum atomic E-state index is -0.283. The van der Waals surface area contributed by atoms with Crippen molar-refractivity contribution < 1.29 is 14.0 Å². The van der Waals surface area contributed by atoms with E-state index in [9.17, 15) is 14.0 Å². The van der Waals surface area contributed by atoms with Gasteiger partial charge in [0.25, 0.3) is 0 Å². The first kappa shape index (κ1) is 18.9. The summed E-state index contributed by atoms with van der Waals surface area (Å²) in [5, 5.41) is 2.88. The number of carbonyl (C=O) groups is 2. The lowest BCUT2D eigenvalue weighted by Gasteiger charge is -2.33. The lowest BCUT2D eigenvalue weighted by Crippen LogP contribution is -2.44. The van der Waals surface area contributed by atoms with Crippen LogP contribution in [-0.2, 0) is 11.3 Å². The maximum absolute atomic E-state index is 13.0. The van der Waals surface area contributed by atoms with Crippen molar-refractivity contribution in [2.45, 2.75) is 19.4 Å². The SMILES string of the molecule is CN(Cc1ccc(F)cc1)C(=O)C1CCN(C(=O)Nc2ccccc2)CC1. The van der Waals surface area contributed by atoms with Gasteiger partial charge in [0.15, 0.2) is 0 Å². The van der Waals surface area contributed by atoms with Gasteiger partial charge < -0.3 is 15.1 Å². The van der Waals surface area contributed by atoms with Gasteiger partial charge in [-0.25, -0.2) is 9.18 Å². The predicted molar refractivity (Wildman–Crippen MR) is 103 cm³/mol. The van der Waals surface area contributed by atoms with Gasteiger partial charge in [-0.2, -0.15) is 0 Å². The van der Waals surface area contributed by atoms with Crippen LogP contribution in [0, 0.1) is 11.7 Å². The standard InChI is InChI=1S/C21H24FN3O2/c1-24(15-16-7-9-18(22)10-8-16)20(26)17-11-13-25(14-12-17)21(27)23-19-5-3-2-4-6-19/h2-10,17H,11-15H2,1H3,(H,23,27). The molecule has 3 amide bonds. The number of amides is 3. The Bertz CT molecular complexity index is 772.